The van der Waals surface area contributed by atoms with Gasteiger partial charge in [0.1, 0.15) is 5.82 Å². The van der Waals surface area contributed by atoms with Crippen LogP contribution in [0.2, 0.25) is 0 Å². The molecule has 0 fully saturated rings. The number of hydrogen-bond acceptors (Lipinski definition) is 4. The van der Waals surface area contributed by atoms with Gasteiger partial charge in [-0.25, -0.2) is 4.39 Å². The molecule has 0 radical (unpaired) electrons. The van der Waals surface area contributed by atoms with Crippen molar-refractivity contribution < 1.29 is 13.9 Å². The summed E-state index contributed by atoms with van der Waals surface area (Å²) in [6, 6.07) is 5.36. The molecule has 0 atom stereocenters. The van der Waals surface area contributed by atoms with Gasteiger partial charge in [0, 0.05) is 47.5 Å². The SMILES string of the molecule is COCCCN(C)c1ccc(CNCCOC)cc1F. The molecule has 0 saturated heterocycles. The summed E-state index contributed by atoms with van der Waals surface area (Å²) in [5, 5.41) is 3.20. The zero-order valence-corrected chi connectivity index (χ0v) is 12.6. The molecule has 0 aromatic heterocycles. The van der Waals surface area contributed by atoms with Crippen LogP contribution in [0, 0.1) is 5.82 Å². The topological polar surface area (TPSA) is 33.7 Å². The smallest absolute Gasteiger partial charge is 0.146 e. The molecule has 0 saturated carbocycles. The number of anilines is 1. The molecule has 0 bridgehead atoms. The Morgan fingerprint density at radius 2 is 1.95 bits per heavy atom. The predicted octanol–water partition coefficient (Wildman–Crippen LogP) is 2.03. The second-order valence-electron chi connectivity index (χ2n) is 4.72. The third kappa shape index (κ3) is 5.86. The maximum Gasteiger partial charge on any atom is 0.146 e. The van der Waals surface area contributed by atoms with Crippen LogP contribution in [0.4, 0.5) is 10.1 Å². The monoisotopic (exact) mass is 284 g/mol. The van der Waals surface area contributed by atoms with Crippen LogP contribution in [0.25, 0.3) is 0 Å². The zero-order valence-electron chi connectivity index (χ0n) is 12.6. The van der Waals surface area contributed by atoms with Crippen LogP contribution >= 0.6 is 0 Å². The van der Waals surface area contributed by atoms with E-state index < -0.39 is 0 Å². The summed E-state index contributed by atoms with van der Waals surface area (Å²) in [7, 11) is 5.23. The first kappa shape index (κ1) is 16.9. The molecule has 1 N–H and O–H groups in total. The van der Waals surface area contributed by atoms with Crippen LogP contribution in [0.1, 0.15) is 12.0 Å². The number of halogens is 1. The lowest BCUT2D eigenvalue weighted by Crippen LogP contribution is -2.21. The predicted molar refractivity (Wildman–Crippen MR) is 79.7 cm³/mol. The molecule has 0 aliphatic rings. The van der Waals surface area contributed by atoms with Gasteiger partial charge < -0.3 is 19.7 Å². The molecule has 5 heteroatoms. The van der Waals surface area contributed by atoms with Crippen molar-refractivity contribution in [3.8, 4) is 0 Å². The van der Waals surface area contributed by atoms with Gasteiger partial charge in [-0.2, -0.15) is 0 Å². The molecule has 0 unspecified atom stereocenters. The van der Waals surface area contributed by atoms with E-state index in [0.29, 0.717) is 25.4 Å². The molecule has 0 spiro atoms. The average Bonchev–Trinajstić information content (AvgIpc) is 2.44. The molecule has 114 valence electrons. The minimum absolute atomic E-state index is 0.184. The number of nitrogens with zero attached hydrogens (tertiary/aromatic N) is 1. The van der Waals surface area contributed by atoms with E-state index in [0.717, 1.165) is 25.1 Å². The Kier molecular flexibility index (Phi) is 8.18. The minimum atomic E-state index is -0.184. The molecular formula is C15H25FN2O2. The highest BCUT2D eigenvalue weighted by molar-refractivity contribution is 5.48. The van der Waals surface area contributed by atoms with E-state index in [9.17, 15) is 4.39 Å². The second kappa shape index (κ2) is 9.69. The van der Waals surface area contributed by atoms with Crippen molar-refractivity contribution in [1.82, 2.24) is 5.32 Å². The molecular weight excluding hydrogens is 259 g/mol. The summed E-state index contributed by atoms with van der Waals surface area (Å²) in [6.45, 7) is 3.53. The summed E-state index contributed by atoms with van der Waals surface area (Å²) in [6.07, 6.45) is 0.882. The van der Waals surface area contributed by atoms with Gasteiger partial charge in [-0.3, -0.25) is 0 Å². The number of rotatable bonds is 10. The Labute approximate surface area is 120 Å². The van der Waals surface area contributed by atoms with Crippen LogP contribution in [-0.2, 0) is 16.0 Å². The fourth-order valence-electron chi connectivity index (χ4n) is 1.94. The molecule has 0 heterocycles. The summed E-state index contributed by atoms with van der Waals surface area (Å²) < 4.78 is 24.0. The highest BCUT2D eigenvalue weighted by atomic mass is 19.1. The quantitative estimate of drug-likeness (QED) is 0.667. The first-order valence-corrected chi connectivity index (χ1v) is 6.87. The Bertz CT molecular complexity index is 388. The number of methoxy groups -OCH3 is 2. The van der Waals surface area contributed by atoms with Gasteiger partial charge in [0.05, 0.1) is 12.3 Å². The van der Waals surface area contributed by atoms with Crippen LogP contribution in [0.15, 0.2) is 18.2 Å². The normalized spacial score (nSPS) is 10.8. The number of ether oxygens (including phenoxy) is 2. The van der Waals surface area contributed by atoms with Crippen LogP contribution < -0.4 is 10.2 Å². The summed E-state index contributed by atoms with van der Waals surface area (Å²) in [4.78, 5) is 1.91. The van der Waals surface area contributed by atoms with E-state index in [1.807, 2.05) is 24.1 Å². The van der Waals surface area contributed by atoms with Crippen molar-refractivity contribution in [2.75, 3.05) is 52.5 Å². The third-order valence-electron chi connectivity index (χ3n) is 3.08. The van der Waals surface area contributed by atoms with Crippen molar-refractivity contribution >= 4 is 5.69 Å². The lowest BCUT2D eigenvalue weighted by molar-refractivity contribution is 0.196. The molecule has 0 aliphatic carbocycles. The van der Waals surface area contributed by atoms with E-state index in [4.69, 9.17) is 9.47 Å². The van der Waals surface area contributed by atoms with E-state index in [2.05, 4.69) is 5.32 Å². The van der Waals surface area contributed by atoms with Gasteiger partial charge >= 0.3 is 0 Å². The van der Waals surface area contributed by atoms with E-state index in [1.165, 1.54) is 0 Å². The highest BCUT2D eigenvalue weighted by Crippen LogP contribution is 2.19. The average molecular weight is 284 g/mol. The van der Waals surface area contributed by atoms with Crippen molar-refractivity contribution in [2.45, 2.75) is 13.0 Å². The fraction of sp³-hybridized carbons (Fsp3) is 0.600. The molecule has 1 rings (SSSR count). The van der Waals surface area contributed by atoms with Gasteiger partial charge in [-0.1, -0.05) is 6.07 Å². The highest BCUT2D eigenvalue weighted by Gasteiger charge is 2.08. The third-order valence-corrected chi connectivity index (χ3v) is 3.08. The Morgan fingerprint density at radius 3 is 2.60 bits per heavy atom. The maximum absolute atomic E-state index is 14.1. The zero-order chi connectivity index (χ0) is 14.8. The van der Waals surface area contributed by atoms with Crippen molar-refractivity contribution in [3.05, 3.63) is 29.6 Å². The Morgan fingerprint density at radius 1 is 1.20 bits per heavy atom. The molecule has 20 heavy (non-hydrogen) atoms. The van der Waals surface area contributed by atoms with Gasteiger partial charge in [-0.05, 0) is 24.1 Å². The lowest BCUT2D eigenvalue weighted by Gasteiger charge is -2.20. The lowest BCUT2D eigenvalue weighted by atomic mass is 10.2. The van der Waals surface area contributed by atoms with Crippen molar-refractivity contribution in [3.63, 3.8) is 0 Å². The first-order valence-electron chi connectivity index (χ1n) is 6.87. The standard InChI is InChI=1S/C15H25FN2O2/c1-18(8-4-9-19-2)15-6-5-13(11-14(15)16)12-17-7-10-20-3/h5-6,11,17H,4,7-10,12H2,1-3H3. The van der Waals surface area contributed by atoms with Crippen LogP contribution in [-0.4, -0.2) is 47.6 Å². The molecule has 1 aromatic carbocycles. The van der Waals surface area contributed by atoms with Gasteiger partial charge in [0.2, 0.25) is 0 Å². The second-order valence-corrected chi connectivity index (χ2v) is 4.72. The molecule has 4 nitrogen and oxygen atoms in total. The molecule has 1 aromatic rings. The van der Waals surface area contributed by atoms with Crippen molar-refractivity contribution in [1.29, 1.82) is 0 Å². The summed E-state index contributed by atoms with van der Waals surface area (Å²) in [5.41, 5.74) is 1.56. The Hall–Kier alpha value is -1.17. The van der Waals surface area contributed by atoms with E-state index in [1.54, 1.807) is 20.3 Å². The number of nitrogens with one attached hydrogen (secondary N) is 1. The van der Waals surface area contributed by atoms with E-state index >= 15 is 0 Å². The first-order chi connectivity index (χ1) is 9.69. The van der Waals surface area contributed by atoms with Crippen molar-refractivity contribution in [2.24, 2.45) is 0 Å². The van der Waals surface area contributed by atoms with Gasteiger partial charge in [-0.15, -0.1) is 0 Å². The summed E-state index contributed by atoms with van der Waals surface area (Å²) in [5.74, 6) is -0.184. The summed E-state index contributed by atoms with van der Waals surface area (Å²) >= 11 is 0. The van der Waals surface area contributed by atoms with E-state index in [-0.39, 0.29) is 5.82 Å². The largest absolute Gasteiger partial charge is 0.385 e. The maximum atomic E-state index is 14.1. The van der Waals surface area contributed by atoms with Gasteiger partial charge in [0.15, 0.2) is 0 Å². The van der Waals surface area contributed by atoms with Crippen LogP contribution in [0.5, 0.6) is 0 Å². The fourth-order valence-corrected chi connectivity index (χ4v) is 1.94. The molecule has 0 aliphatic heterocycles. The molecule has 0 amide bonds. The van der Waals surface area contributed by atoms with Gasteiger partial charge in [0.25, 0.3) is 0 Å². The Balaban J connectivity index is 2.49. The number of benzene rings is 1. The number of hydrogen-bond donors (Lipinski definition) is 1. The minimum Gasteiger partial charge on any atom is -0.385 e. The van der Waals surface area contributed by atoms with Crippen LogP contribution in [0.3, 0.4) is 0 Å².